The number of aryl methyl sites for hydroxylation is 1. The summed E-state index contributed by atoms with van der Waals surface area (Å²) in [6.07, 6.45) is 0. The van der Waals surface area contributed by atoms with Gasteiger partial charge in [0.15, 0.2) is 18.5 Å². The van der Waals surface area contributed by atoms with Crippen LogP contribution in [0.3, 0.4) is 0 Å². The minimum Gasteiger partial charge on any atom is -0.493 e. The van der Waals surface area contributed by atoms with Crippen molar-refractivity contribution in [2.24, 2.45) is 7.05 Å². The number of nitrogen functional groups attached to an aromatic ring is 1. The van der Waals surface area contributed by atoms with Gasteiger partial charge in [-0.25, -0.2) is 9.78 Å². The Morgan fingerprint density at radius 2 is 1.79 bits per heavy atom. The summed E-state index contributed by atoms with van der Waals surface area (Å²) in [4.78, 5) is 28.5. The average molecular weight is 483 g/mol. The second-order valence-electron chi connectivity index (χ2n) is 6.67. The van der Waals surface area contributed by atoms with E-state index >= 15 is 0 Å². The molecular weight excluding hydrogens is 464 g/mol. The molecule has 12 nitrogen and oxygen atoms in total. The zero-order chi connectivity index (χ0) is 25.0. The van der Waals surface area contributed by atoms with Gasteiger partial charge in [0.2, 0.25) is 11.5 Å². The van der Waals surface area contributed by atoms with Crippen LogP contribution in [0.2, 0.25) is 0 Å². The Bertz CT molecular complexity index is 1390. The van der Waals surface area contributed by atoms with Gasteiger partial charge < -0.3 is 19.9 Å². The van der Waals surface area contributed by atoms with Gasteiger partial charge in [0, 0.05) is 5.56 Å². The lowest BCUT2D eigenvalue weighted by Crippen LogP contribution is -2.39. The van der Waals surface area contributed by atoms with Crippen LogP contribution in [0.15, 0.2) is 26.5 Å². The molecule has 0 atom stereocenters. The zero-order valence-electron chi connectivity index (χ0n) is 18.6. The highest BCUT2D eigenvalue weighted by Gasteiger charge is 2.28. The van der Waals surface area contributed by atoms with Gasteiger partial charge in [0.1, 0.15) is 28.5 Å². The molecule has 3 rings (SSSR count). The Balaban J connectivity index is 2.16. The molecule has 0 fully saturated rings. The van der Waals surface area contributed by atoms with Gasteiger partial charge >= 0.3 is 11.3 Å². The number of anilines is 1. The van der Waals surface area contributed by atoms with Gasteiger partial charge in [-0.1, -0.05) is 16.4 Å². The van der Waals surface area contributed by atoms with E-state index in [1.54, 1.807) is 12.1 Å². The van der Waals surface area contributed by atoms with Gasteiger partial charge in [0.05, 0.1) is 32.6 Å². The summed E-state index contributed by atoms with van der Waals surface area (Å²) in [6, 6.07) is 7.17. The molecule has 0 aliphatic carbocycles. The first-order valence-electron chi connectivity index (χ1n) is 9.48. The number of carbonyl (C=O) groups excluding carboxylic acids is 1. The number of carbonyl (C=O) groups is 1. The van der Waals surface area contributed by atoms with Crippen LogP contribution in [-0.4, -0.2) is 43.1 Å². The fraction of sp³-hybridized carbons (Fsp3) is 0.238. The van der Waals surface area contributed by atoms with Gasteiger partial charge in [-0.3, -0.25) is 9.32 Å². The van der Waals surface area contributed by atoms with Gasteiger partial charge in [-0.05, 0) is 23.0 Å². The third-order valence-electron chi connectivity index (χ3n) is 4.78. The zero-order valence-corrected chi connectivity index (χ0v) is 19.4. The van der Waals surface area contributed by atoms with E-state index in [1.807, 2.05) is 12.1 Å². The lowest BCUT2D eigenvalue weighted by atomic mass is 9.96. The van der Waals surface area contributed by atoms with Gasteiger partial charge in [-0.2, -0.15) is 10.5 Å². The SMILES string of the molecule is COc1cc(-c2c(C#N)c(N)nc(SCC(=O)c3c(=O)o[nH][n+]3C)c2C#N)cc(OC)c1OC. The van der Waals surface area contributed by atoms with Crippen molar-refractivity contribution in [2.45, 2.75) is 5.03 Å². The molecule has 13 heteroatoms. The molecule has 0 aliphatic rings. The van der Waals surface area contributed by atoms with Crippen LogP contribution in [0.25, 0.3) is 11.1 Å². The smallest absolute Gasteiger partial charge is 0.438 e. The number of Topliss-reactive ketones (excluding diaryl/α,β-unsaturated/α-hetero) is 1. The van der Waals surface area contributed by atoms with Crippen LogP contribution in [-0.2, 0) is 7.05 Å². The predicted octanol–water partition coefficient (Wildman–Crippen LogP) is 1.18. The summed E-state index contributed by atoms with van der Waals surface area (Å²) in [5.74, 6) is 0.00811. The van der Waals surface area contributed by atoms with Crippen LogP contribution in [0, 0.1) is 22.7 Å². The van der Waals surface area contributed by atoms with Crippen molar-refractivity contribution in [2.75, 3.05) is 32.8 Å². The van der Waals surface area contributed by atoms with Crippen LogP contribution in [0.1, 0.15) is 21.6 Å². The summed E-state index contributed by atoms with van der Waals surface area (Å²) in [5.41, 5.74) is 5.59. The Hall–Kier alpha value is -4.49. The quantitative estimate of drug-likeness (QED) is 0.267. The maximum Gasteiger partial charge on any atom is 0.438 e. The topological polar surface area (TPSA) is 181 Å². The number of ether oxygens (including phenoxy) is 3. The number of hydrogen-bond donors (Lipinski definition) is 2. The van der Waals surface area contributed by atoms with Crippen molar-refractivity contribution in [3.05, 3.63) is 39.4 Å². The fourth-order valence-corrected chi connectivity index (χ4v) is 4.12. The van der Waals surface area contributed by atoms with Crippen molar-refractivity contribution >= 4 is 23.4 Å². The summed E-state index contributed by atoms with van der Waals surface area (Å²) < 4.78 is 21.8. The largest absolute Gasteiger partial charge is 0.493 e. The summed E-state index contributed by atoms with van der Waals surface area (Å²) in [7, 11) is 5.76. The summed E-state index contributed by atoms with van der Waals surface area (Å²) >= 11 is 0.898. The van der Waals surface area contributed by atoms with Crippen molar-refractivity contribution in [1.29, 1.82) is 10.5 Å². The Kier molecular flexibility index (Phi) is 7.09. The molecule has 2 aromatic heterocycles. The molecule has 2 heterocycles. The number of pyridine rings is 1. The predicted molar refractivity (Wildman–Crippen MR) is 119 cm³/mol. The van der Waals surface area contributed by atoms with E-state index in [9.17, 15) is 20.1 Å². The third kappa shape index (κ3) is 4.24. The Labute approximate surface area is 197 Å². The van der Waals surface area contributed by atoms with Gasteiger partial charge in [0.25, 0.3) is 0 Å². The highest BCUT2D eigenvalue weighted by molar-refractivity contribution is 8.00. The molecule has 1 aromatic carbocycles. The molecular formula is C21H19N6O6S+. The number of methoxy groups -OCH3 is 3. The number of nitrogens with zero attached hydrogens (tertiary/aromatic N) is 4. The van der Waals surface area contributed by atoms with Crippen LogP contribution in [0.4, 0.5) is 5.82 Å². The number of ketones is 1. The molecule has 34 heavy (non-hydrogen) atoms. The number of benzene rings is 1. The summed E-state index contributed by atoms with van der Waals surface area (Å²) in [6.45, 7) is 0. The van der Waals surface area contributed by atoms with E-state index in [0.717, 1.165) is 16.4 Å². The minimum absolute atomic E-state index is 0.0169. The van der Waals surface area contributed by atoms with E-state index in [0.29, 0.717) is 22.8 Å². The van der Waals surface area contributed by atoms with Crippen molar-refractivity contribution in [3.8, 4) is 40.5 Å². The maximum absolute atomic E-state index is 12.6. The van der Waals surface area contributed by atoms with Crippen molar-refractivity contribution < 1.29 is 28.2 Å². The molecule has 3 N–H and O–H groups in total. The van der Waals surface area contributed by atoms with Crippen molar-refractivity contribution in [3.63, 3.8) is 0 Å². The number of aromatic nitrogens is 3. The molecule has 0 amide bonds. The lowest BCUT2D eigenvalue weighted by molar-refractivity contribution is -0.741. The van der Waals surface area contributed by atoms with Crippen LogP contribution >= 0.6 is 11.8 Å². The number of hydrogen-bond acceptors (Lipinski definition) is 11. The highest BCUT2D eigenvalue weighted by atomic mass is 32.2. The molecule has 174 valence electrons. The van der Waals surface area contributed by atoms with Crippen LogP contribution < -0.4 is 30.3 Å². The number of thioether (sulfide) groups is 1. The molecule has 0 spiro atoms. The third-order valence-corrected chi connectivity index (χ3v) is 5.75. The monoisotopic (exact) mass is 483 g/mol. The first-order chi connectivity index (χ1) is 16.3. The molecule has 0 unspecified atom stereocenters. The first kappa shape index (κ1) is 24.2. The number of rotatable bonds is 8. The van der Waals surface area contributed by atoms with E-state index in [1.165, 1.54) is 28.4 Å². The number of aromatic amines is 1. The lowest BCUT2D eigenvalue weighted by Gasteiger charge is -2.17. The van der Waals surface area contributed by atoms with E-state index < -0.39 is 11.4 Å². The minimum atomic E-state index is -0.820. The Morgan fingerprint density at radius 1 is 1.18 bits per heavy atom. The molecule has 0 aliphatic heterocycles. The number of nitriles is 2. The highest BCUT2D eigenvalue weighted by Crippen LogP contribution is 2.44. The van der Waals surface area contributed by atoms with Crippen LogP contribution in [0.5, 0.6) is 17.2 Å². The Morgan fingerprint density at radius 3 is 2.26 bits per heavy atom. The standard InChI is InChI=1S/C21H18N6O6S/c1-27-17(21(29)33-26-27)13(28)9-34-20-12(8-23)16(11(7-22)19(24)25-20)10-5-14(30-2)18(32-4)15(6-10)31-3/h5-6H,9H2,1-4H3,(H2-,24,25,26,28,29)/p+1. The summed E-state index contributed by atoms with van der Waals surface area (Å²) in [5, 5.41) is 22.1. The van der Waals surface area contributed by atoms with Gasteiger partial charge in [-0.15, -0.1) is 0 Å². The maximum atomic E-state index is 12.6. The second kappa shape index (κ2) is 9.97. The number of nitrogens with one attached hydrogen (secondary N) is 1. The molecule has 0 saturated carbocycles. The number of nitrogens with two attached hydrogens (primary N) is 1. The first-order valence-corrected chi connectivity index (χ1v) is 10.5. The molecule has 3 aromatic rings. The second-order valence-corrected chi connectivity index (χ2v) is 7.63. The van der Waals surface area contributed by atoms with E-state index in [2.05, 4.69) is 14.8 Å². The fourth-order valence-electron chi connectivity index (χ4n) is 3.26. The molecule has 0 bridgehead atoms. The normalized spacial score (nSPS) is 10.3. The molecule has 0 radical (unpaired) electrons. The van der Waals surface area contributed by atoms with E-state index in [4.69, 9.17) is 19.9 Å². The van der Waals surface area contributed by atoms with E-state index in [-0.39, 0.29) is 39.0 Å². The van der Waals surface area contributed by atoms with Crippen molar-refractivity contribution in [1.82, 2.24) is 10.3 Å². The molecule has 0 saturated heterocycles. The average Bonchev–Trinajstić information content (AvgIpc) is 3.18. The number of H-pyrrole nitrogens is 1.